The van der Waals surface area contributed by atoms with Gasteiger partial charge >= 0.3 is 5.97 Å². The number of amides is 1. The molecule has 1 aromatic heterocycles. The molecule has 0 unspecified atom stereocenters. The maximum atomic E-state index is 13.7. The molecule has 0 aliphatic heterocycles. The average Bonchev–Trinajstić information content (AvgIpc) is 3.22. The van der Waals surface area contributed by atoms with Gasteiger partial charge in [-0.3, -0.25) is 15.0 Å². The number of anilines is 2. The summed E-state index contributed by atoms with van der Waals surface area (Å²) in [5.41, 5.74) is 10.9. The molecule has 0 spiro atoms. The molecular weight excluding hydrogens is 480 g/mol. The van der Waals surface area contributed by atoms with Gasteiger partial charge in [0, 0.05) is 36.1 Å². The SMILES string of the molecule is CCOC(=O)CCN(C(=O)c1ccc2c(c1)nc(CNc1ccc(C(=N)N)cc1)n2C)c1cccc(C)c1. The highest BCUT2D eigenvalue weighted by Gasteiger charge is 2.21. The molecule has 0 atom stereocenters. The number of nitrogens with two attached hydrogens (primary N) is 1. The molecule has 1 amide bonds. The zero-order chi connectivity index (χ0) is 27.2. The Hall–Kier alpha value is -4.66. The molecule has 4 N–H and O–H groups in total. The Bertz CT molecular complexity index is 1480. The van der Waals surface area contributed by atoms with Gasteiger partial charge < -0.3 is 25.3 Å². The average molecular weight is 513 g/mol. The quantitative estimate of drug-likeness (QED) is 0.164. The number of fused-ring (bicyclic) bond motifs is 1. The highest BCUT2D eigenvalue weighted by atomic mass is 16.5. The summed E-state index contributed by atoms with van der Waals surface area (Å²) in [6, 6.07) is 20.4. The lowest BCUT2D eigenvalue weighted by Crippen LogP contribution is -2.33. The van der Waals surface area contributed by atoms with Crippen LogP contribution in [-0.2, 0) is 23.1 Å². The Labute approximate surface area is 221 Å². The number of carbonyl (C=O) groups is 2. The predicted molar refractivity (Wildman–Crippen MR) is 150 cm³/mol. The molecule has 0 aliphatic rings. The van der Waals surface area contributed by atoms with Crippen molar-refractivity contribution in [3.8, 4) is 0 Å². The number of ether oxygens (including phenoxy) is 1. The number of hydrogen-bond donors (Lipinski definition) is 3. The maximum absolute atomic E-state index is 13.7. The largest absolute Gasteiger partial charge is 0.466 e. The van der Waals surface area contributed by atoms with Crippen molar-refractivity contribution in [1.29, 1.82) is 5.41 Å². The van der Waals surface area contributed by atoms with E-state index in [9.17, 15) is 9.59 Å². The van der Waals surface area contributed by atoms with Gasteiger partial charge in [0.2, 0.25) is 0 Å². The number of nitrogen functional groups attached to an aromatic ring is 1. The topological polar surface area (TPSA) is 126 Å². The number of carbonyl (C=O) groups excluding carboxylic acids is 2. The molecule has 9 heteroatoms. The molecule has 0 aliphatic carbocycles. The summed E-state index contributed by atoms with van der Waals surface area (Å²) in [6.07, 6.45) is 0.0998. The molecule has 0 radical (unpaired) electrons. The van der Waals surface area contributed by atoms with Crippen LogP contribution in [0.15, 0.2) is 66.7 Å². The third kappa shape index (κ3) is 6.00. The van der Waals surface area contributed by atoms with E-state index in [1.165, 1.54) is 0 Å². The predicted octanol–water partition coefficient (Wildman–Crippen LogP) is 4.38. The Kier molecular flexibility index (Phi) is 8.06. The van der Waals surface area contributed by atoms with Crippen LogP contribution in [0.5, 0.6) is 0 Å². The van der Waals surface area contributed by atoms with E-state index in [1.807, 2.05) is 61.0 Å². The van der Waals surface area contributed by atoms with Crippen molar-refractivity contribution in [1.82, 2.24) is 9.55 Å². The van der Waals surface area contributed by atoms with E-state index in [-0.39, 0.29) is 30.7 Å². The summed E-state index contributed by atoms with van der Waals surface area (Å²) < 4.78 is 7.06. The first-order chi connectivity index (χ1) is 18.3. The molecule has 196 valence electrons. The van der Waals surface area contributed by atoms with Gasteiger partial charge in [0.05, 0.1) is 30.6 Å². The minimum Gasteiger partial charge on any atom is -0.466 e. The van der Waals surface area contributed by atoms with Crippen LogP contribution >= 0.6 is 0 Å². The van der Waals surface area contributed by atoms with Crippen LogP contribution in [0.2, 0.25) is 0 Å². The summed E-state index contributed by atoms with van der Waals surface area (Å²) in [5.74, 6) is 0.279. The van der Waals surface area contributed by atoms with Crippen molar-refractivity contribution < 1.29 is 14.3 Å². The molecule has 38 heavy (non-hydrogen) atoms. The Morgan fingerprint density at radius 2 is 1.82 bits per heavy atom. The Balaban J connectivity index is 1.56. The monoisotopic (exact) mass is 512 g/mol. The van der Waals surface area contributed by atoms with E-state index in [1.54, 1.807) is 36.1 Å². The third-order valence-corrected chi connectivity index (χ3v) is 6.27. The molecule has 0 bridgehead atoms. The summed E-state index contributed by atoms with van der Waals surface area (Å²) in [5, 5.41) is 10.9. The van der Waals surface area contributed by atoms with Gasteiger partial charge in [-0.15, -0.1) is 0 Å². The second-order valence-electron chi connectivity index (χ2n) is 8.99. The van der Waals surface area contributed by atoms with E-state index >= 15 is 0 Å². The standard InChI is InChI=1S/C29H32N6O3/c1-4-38-27(36)14-15-35(23-7-5-6-19(2)16-23)29(37)21-10-13-25-24(17-21)33-26(34(25)3)18-32-22-11-8-20(9-12-22)28(30)31/h5-13,16-17,32H,4,14-15,18H2,1-3H3,(H3,30,31). The van der Waals surface area contributed by atoms with Crippen LogP contribution in [0.4, 0.5) is 11.4 Å². The summed E-state index contributed by atoms with van der Waals surface area (Å²) >= 11 is 0. The molecule has 4 rings (SSSR count). The minimum absolute atomic E-state index is 0.0270. The molecule has 3 aromatic carbocycles. The van der Waals surface area contributed by atoms with Gasteiger partial charge in [-0.05, 0) is 74.0 Å². The lowest BCUT2D eigenvalue weighted by molar-refractivity contribution is -0.142. The van der Waals surface area contributed by atoms with Crippen LogP contribution < -0.4 is 16.0 Å². The van der Waals surface area contributed by atoms with Crippen LogP contribution in [0, 0.1) is 12.3 Å². The number of amidine groups is 1. The first-order valence-corrected chi connectivity index (χ1v) is 12.4. The maximum Gasteiger partial charge on any atom is 0.307 e. The fraction of sp³-hybridized carbons (Fsp3) is 0.241. The lowest BCUT2D eigenvalue weighted by Gasteiger charge is -2.23. The number of nitrogens with zero attached hydrogens (tertiary/aromatic N) is 3. The molecule has 1 heterocycles. The number of esters is 1. The van der Waals surface area contributed by atoms with E-state index in [4.69, 9.17) is 20.9 Å². The number of aromatic nitrogens is 2. The van der Waals surface area contributed by atoms with Gasteiger partial charge in [0.15, 0.2) is 0 Å². The van der Waals surface area contributed by atoms with Crippen molar-refractivity contribution in [3.05, 3.63) is 89.2 Å². The summed E-state index contributed by atoms with van der Waals surface area (Å²) in [6.45, 7) is 4.71. The van der Waals surface area contributed by atoms with Crippen molar-refractivity contribution in [2.24, 2.45) is 12.8 Å². The number of benzene rings is 3. The van der Waals surface area contributed by atoms with Gasteiger partial charge in [0.1, 0.15) is 11.7 Å². The smallest absolute Gasteiger partial charge is 0.307 e. The number of nitrogens with one attached hydrogen (secondary N) is 2. The van der Waals surface area contributed by atoms with Crippen molar-refractivity contribution >= 4 is 40.1 Å². The van der Waals surface area contributed by atoms with Crippen LogP contribution in [0.1, 0.15) is 40.7 Å². The molecule has 0 saturated heterocycles. The van der Waals surface area contributed by atoms with E-state index < -0.39 is 0 Å². The highest BCUT2D eigenvalue weighted by molar-refractivity contribution is 6.08. The summed E-state index contributed by atoms with van der Waals surface area (Å²) in [7, 11) is 1.94. The first kappa shape index (κ1) is 26.4. The van der Waals surface area contributed by atoms with Gasteiger partial charge in [-0.25, -0.2) is 4.98 Å². The van der Waals surface area contributed by atoms with Crippen molar-refractivity contribution in [3.63, 3.8) is 0 Å². The van der Waals surface area contributed by atoms with E-state index in [0.717, 1.165) is 28.3 Å². The number of aryl methyl sites for hydroxylation is 2. The highest BCUT2D eigenvalue weighted by Crippen LogP contribution is 2.23. The third-order valence-electron chi connectivity index (χ3n) is 6.27. The number of rotatable bonds is 10. The number of imidazole rings is 1. The van der Waals surface area contributed by atoms with Gasteiger partial charge in [0.25, 0.3) is 5.91 Å². The van der Waals surface area contributed by atoms with Gasteiger partial charge in [-0.2, -0.15) is 0 Å². The molecule has 0 fully saturated rings. The van der Waals surface area contributed by atoms with Gasteiger partial charge in [-0.1, -0.05) is 12.1 Å². The number of hydrogen-bond acceptors (Lipinski definition) is 6. The van der Waals surface area contributed by atoms with Crippen molar-refractivity contribution in [2.45, 2.75) is 26.8 Å². The Morgan fingerprint density at radius 3 is 2.50 bits per heavy atom. The summed E-state index contributed by atoms with van der Waals surface area (Å²) in [4.78, 5) is 32.1. The van der Waals surface area contributed by atoms with Crippen LogP contribution in [-0.4, -0.2) is 40.4 Å². The molecular formula is C29H32N6O3. The van der Waals surface area contributed by atoms with E-state index in [2.05, 4.69) is 5.32 Å². The fourth-order valence-corrected chi connectivity index (χ4v) is 4.23. The zero-order valence-electron chi connectivity index (χ0n) is 21.8. The first-order valence-electron chi connectivity index (χ1n) is 12.4. The molecule has 9 nitrogen and oxygen atoms in total. The van der Waals surface area contributed by atoms with Crippen LogP contribution in [0.3, 0.4) is 0 Å². The molecule has 4 aromatic rings. The van der Waals surface area contributed by atoms with E-state index in [0.29, 0.717) is 29.8 Å². The molecule has 0 saturated carbocycles. The second kappa shape index (κ2) is 11.6. The normalized spacial score (nSPS) is 10.8. The zero-order valence-corrected chi connectivity index (χ0v) is 21.8. The lowest BCUT2D eigenvalue weighted by atomic mass is 10.1. The van der Waals surface area contributed by atoms with Crippen molar-refractivity contribution in [2.75, 3.05) is 23.4 Å². The van der Waals surface area contributed by atoms with Crippen LogP contribution in [0.25, 0.3) is 11.0 Å². The Morgan fingerprint density at radius 1 is 1.08 bits per heavy atom. The fourth-order valence-electron chi connectivity index (χ4n) is 4.23. The second-order valence-corrected chi connectivity index (χ2v) is 8.99. The minimum atomic E-state index is -0.341.